The van der Waals surface area contributed by atoms with Crippen LogP contribution < -0.4 is 10.6 Å². The maximum Gasteiger partial charge on any atom is 0.293 e. The van der Waals surface area contributed by atoms with E-state index in [4.69, 9.17) is 5.73 Å². The fraction of sp³-hybridized carbons (Fsp3) is 0.500. The molecule has 0 atom stereocenters. The van der Waals surface area contributed by atoms with Gasteiger partial charge in [-0.05, 0) is 25.0 Å². The fourth-order valence-corrected chi connectivity index (χ4v) is 2.47. The van der Waals surface area contributed by atoms with Gasteiger partial charge in [0.2, 0.25) is 0 Å². The summed E-state index contributed by atoms with van der Waals surface area (Å²) in [5, 5.41) is 11.3. The number of piperidine rings is 1. The number of benzene rings is 1. The van der Waals surface area contributed by atoms with Gasteiger partial charge in [-0.3, -0.25) is 14.9 Å². The lowest BCUT2D eigenvalue weighted by Gasteiger charge is -2.31. The molecule has 0 aliphatic carbocycles. The van der Waals surface area contributed by atoms with E-state index in [0.29, 0.717) is 24.3 Å². The number of nitro benzene ring substituents is 1. The first-order chi connectivity index (χ1) is 9.90. The molecule has 114 valence electrons. The van der Waals surface area contributed by atoms with Gasteiger partial charge in [0, 0.05) is 44.9 Å². The van der Waals surface area contributed by atoms with Crippen LogP contribution in [0.3, 0.4) is 0 Å². The second-order valence-electron chi connectivity index (χ2n) is 5.48. The van der Waals surface area contributed by atoms with E-state index in [0.717, 1.165) is 12.8 Å². The van der Waals surface area contributed by atoms with Gasteiger partial charge in [0.05, 0.1) is 4.92 Å². The van der Waals surface area contributed by atoms with Gasteiger partial charge in [-0.1, -0.05) is 0 Å². The molecule has 1 heterocycles. The number of hydrogen-bond donors (Lipinski definition) is 1. The summed E-state index contributed by atoms with van der Waals surface area (Å²) in [6.07, 6.45) is 1.63. The van der Waals surface area contributed by atoms with Crippen molar-refractivity contribution in [2.75, 3.05) is 32.1 Å². The third-order valence-corrected chi connectivity index (χ3v) is 3.71. The molecule has 0 radical (unpaired) electrons. The number of amides is 1. The first-order valence-electron chi connectivity index (χ1n) is 6.90. The largest absolute Gasteiger partial charge is 0.366 e. The molecule has 1 aliphatic rings. The van der Waals surface area contributed by atoms with E-state index in [1.54, 1.807) is 26.2 Å². The lowest BCUT2D eigenvalue weighted by atomic mass is 10.0. The van der Waals surface area contributed by atoms with Gasteiger partial charge in [0.1, 0.15) is 5.69 Å². The molecule has 1 fully saturated rings. The quantitative estimate of drug-likeness (QED) is 0.668. The highest BCUT2D eigenvalue weighted by Crippen LogP contribution is 2.31. The van der Waals surface area contributed by atoms with Crippen LogP contribution in [0.25, 0.3) is 0 Å². The SMILES string of the molecule is CN(C)C(=O)c1ccc(N2CCC(N)CC2)c([N+](=O)[O-])c1. The minimum Gasteiger partial charge on any atom is -0.366 e. The van der Waals surface area contributed by atoms with Crippen molar-refractivity contribution in [3.05, 3.63) is 33.9 Å². The molecule has 2 N–H and O–H groups in total. The van der Waals surface area contributed by atoms with Crippen LogP contribution in [0.15, 0.2) is 18.2 Å². The normalized spacial score (nSPS) is 15.9. The van der Waals surface area contributed by atoms with Gasteiger partial charge in [-0.2, -0.15) is 0 Å². The van der Waals surface area contributed by atoms with Gasteiger partial charge >= 0.3 is 0 Å². The highest BCUT2D eigenvalue weighted by atomic mass is 16.6. The van der Waals surface area contributed by atoms with Crippen LogP contribution in [0.5, 0.6) is 0 Å². The topological polar surface area (TPSA) is 92.7 Å². The van der Waals surface area contributed by atoms with Gasteiger partial charge in [-0.25, -0.2) is 0 Å². The Labute approximate surface area is 123 Å². The maximum atomic E-state index is 11.9. The predicted octanol–water partition coefficient (Wildman–Crippen LogP) is 1.22. The van der Waals surface area contributed by atoms with E-state index in [1.165, 1.54) is 11.0 Å². The average Bonchev–Trinajstić information content (AvgIpc) is 2.46. The molecule has 1 aromatic carbocycles. The van der Waals surface area contributed by atoms with Crippen molar-refractivity contribution in [3.63, 3.8) is 0 Å². The van der Waals surface area contributed by atoms with Crippen LogP contribution in [0, 0.1) is 10.1 Å². The van der Waals surface area contributed by atoms with Crippen molar-refractivity contribution in [2.45, 2.75) is 18.9 Å². The van der Waals surface area contributed by atoms with Crippen molar-refractivity contribution in [2.24, 2.45) is 5.73 Å². The Hall–Kier alpha value is -2.15. The van der Waals surface area contributed by atoms with E-state index < -0.39 is 4.92 Å². The molecule has 7 heteroatoms. The van der Waals surface area contributed by atoms with Crippen LogP contribution in [0.1, 0.15) is 23.2 Å². The molecule has 0 saturated carbocycles. The molecule has 1 aromatic rings. The molecule has 2 rings (SSSR count). The number of nitro groups is 1. The summed E-state index contributed by atoms with van der Waals surface area (Å²) in [5.41, 5.74) is 6.71. The Kier molecular flexibility index (Phi) is 4.42. The smallest absolute Gasteiger partial charge is 0.293 e. The van der Waals surface area contributed by atoms with E-state index in [2.05, 4.69) is 0 Å². The number of nitrogens with two attached hydrogens (primary N) is 1. The van der Waals surface area contributed by atoms with Crippen LogP contribution in [-0.4, -0.2) is 49.0 Å². The van der Waals surface area contributed by atoms with Crippen LogP contribution >= 0.6 is 0 Å². The zero-order valence-electron chi connectivity index (χ0n) is 12.3. The third-order valence-electron chi connectivity index (χ3n) is 3.71. The highest BCUT2D eigenvalue weighted by Gasteiger charge is 2.25. The summed E-state index contributed by atoms with van der Waals surface area (Å²) in [4.78, 5) is 26.2. The second kappa shape index (κ2) is 6.09. The van der Waals surface area contributed by atoms with E-state index in [9.17, 15) is 14.9 Å². The van der Waals surface area contributed by atoms with Crippen LogP contribution in [-0.2, 0) is 0 Å². The molecule has 0 bridgehead atoms. The third kappa shape index (κ3) is 3.30. The predicted molar refractivity (Wildman–Crippen MR) is 80.5 cm³/mol. The number of nitrogens with zero attached hydrogens (tertiary/aromatic N) is 3. The lowest BCUT2D eigenvalue weighted by Crippen LogP contribution is -2.39. The van der Waals surface area contributed by atoms with Crippen LogP contribution in [0.2, 0.25) is 0 Å². The van der Waals surface area contributed by atoms with Crippen molar-refractivity contribution in [3.8, 4) is 0 Å². The van der Waals surface area contributed by atoms with Gasteiger partial charge in [-0.15, -0.1) is 0 Å². The summed E-state index contributed by atoms with van der Waals surface area (Å²) in [7, 11) is 3.24. The summed E-state index contributed by atoms with van der Waals surface area (Å²) >= 11 is 0. The van der Waals surface area contributed by atoms with Crippen LogP contribution in [0.4, 0.5) is 11.4 Å². The van der Waals surface area contributed by atoms with E-state index in [1.807, 2.05) is 4.90 Å². The monoisotopic (exact) mass is 292 g/mol. The number of rotatable bonds is 3. The zero-order valence-corrected chi connectivity index (χ0v) is 12.3. The maximum absolute atomic E-state index is 11.9. The lowest BCUT2D eigenvalue weighted by molar-refractivity contribution is -0.384. The average molecular weight is 292 g/mol. The second-order valence-corrected chi connectivity index (χ2v) is 5.48. The highest BCUT2D eigenvalue weighted by molar-refractivity contribution is 5.95. The van der Waals surface area contributed by atoms with Gasteiger partial charge < -0.3 is 15.5 Å². The molecule has 21 heavy (non-hydrogen) atoms. The molecule has 0 spiro atoms. The number of carbonyl (C=O) groups excluding carboxylic acids is 1. The molecule has 0 unspecified atom stereocenters. The zero-order chi connectivity index (χ0) is 15.6. The van der Waals surface area contributed by atoms with E-state index in [-0.39, 0.29) is 17.6 Å². The Morgan fingerprint density at radius 3 is 2.52 bits per heavy atom. The molecular formula is C14H20N4O3. The Morgan fingerprint density at radius 2 is 2.00 bits per heavy atom. The molecule has 7 nitrogen and oxygen atoms in total. The number of hydrogen-bond acceptors (Lipinski definition) is 5. The van der Waals surface area contributed by atoms with E-state index >= 15 is 0 Å². The minimum absolute atomic E-state index is 0.0295. The first-order valence-corrected chi connectivity index (χ1v) is 6.90. The van der Waals surface area contributed by atoms with Gasteiger partial charge in [0.25, 0.3) is 11.6 Å². The van der Waals surface area contributed by atoms with Crippen molar-refractivity contribution in [1.82, 2.24) is 4.90 Å². The minimum atomic E-state index is -0.434. The summed E-state index contributed by atoms with van der Waals surface area (Å²) < 4.78 is 0. The van der Waals surface area contributed by atoms with Gasteiger partial charge in [0.15, 0.2) is 0 Å². The Balaban J connectivity index is 2.34. The summed E-state index contributed by atoms with van der Waals surface area (Å²) in [5.74, 6) is -0.245. The Morgan fingerprint density at radius 1 is 1.38 bits per heavy atom. The van der Waals surface area contributed by atoms with Crippen molar-refractivity contribution >= 4 is 17.3 Å². The standard InChI is InChI=1S/C14H20N4O3/c1-16(2)14(19)10-3-4-12(13(9-10)18(20)21)17-7-5-11(15)6-8-17/h3-4,9,11H,5-8,15H2,1-2H3. The Bertz CT molecular complexity index is 551. The molecule has 1 saturated heterocycles. The molecular weight excluding hydrogens is 272 g/mol. The fourth-order valence-electron chi connectivity index (χ4n) is 2.47. The van der Waals surface area contributed by atoms with Crippen molar-refractivity contribution in [1.29, 1.82) is 0 Å². The summed E-state index contributed by atoms with van der Waals surface area (Å²) in [6, 6.07) is 4.81. The number of anilines is 1. The summed E-state index contributed by atoms with van der Waals surface area (Å²) in [6.45, 7) is 1.39. The number of carbonyl (C=O) groups is 1. The molecule has 1 aliphatic heterocycles. The van der Waals surface area contributed by atoms with Crippen molar-refractivity contribution < 1.29 is 9.72 Å². The molecule has 0 aromatic heterocycles. The first kappa shape index (κ1) is 15.2. The molecule has 1 amide bonds.